The van der Waals surface area contributed by atoms with Crippen LogP contribution in [0.3, 0.4) is 0 Å². The lowest BCUT2D eigenvalue weighted by Gasteiger charge is -2.26. The fraction of sp³-hybridized carbons (Fsp3) is 1.00. The van der Waals surface area contributed by atoms with Crippen LogP contribution in [-0.2, 0) is 0 Å². The molecule has 68 valence electrons. The summed E-state index contributed by atoms with van der Waals surface area (Å²) in [4.78, 5) is 0. The molecule has 0 rings (SSSR count). The highest BCUT2D eigenvalue weighted by Gasteiger charge is 2.18. The molecule has 1 atom stereocenters. The molecule has 0 aromatic rings. The maximum atomic E-state index is 5.88. The van der Waals surface area contributed by atoms with Crippen molar-refractivity contribution >= 4 is 0 Å². The molecule has 2 nitrogen and oxygen atoms in total. The second kappa shape index (κ2) is 4.73. The van der Waals surface area contributed by atoms with Crippen LogP contribution < -0.4 is 11.1 Å². The highest BCUT2D eigenvalue weighted by molar-refractivity contribution is 4.75. The van der Waals surface area contributed by atoms with Gasteiger partial charge in [-0.25, -0.2) is 0 Å². The topological polar surface area (TPSA) is 38.0 Å². The van der Waals surface area contributed by atoms with Crippen LogP contribution in [0.2, 0.25) is 0 Å². The number of hydrogen-bond donors (Lipinski definition) is 2. The molecular weight excluding hydrogens is 136 g/mol. The first-order valence-electron chi connectivity index (χ1n) is 4.42. The van der Waals surface area contributed by atoms with Gasteiger partial charge in [-0.1, -0.05) is 27.2 Å². The van der Waals surface area contributed by atoms with E-state index in [0.29, 0.717) is 11.5 Å². The molecule has 0 fully saturated rings. The predicted octanol–water partition coefficient (Wildman–Crippen LogP) is 1.36. The van der Waals surface area contributed by atoms with Crippen molar-refractivity contribution in [2.45, 2.75) is 39.7 Å². The Morgan fingerprint density at radius 1 is 1.45 bits per heavy atom. The van der Waals surface area contributed by atoms with Gasteiger partial charge in [-0.3, -0.25) is 0 Å². The smallest absolute Gasteiger partial charge is 0.0170 e. The van der Waals surface area contributed by atoms with Crippen molar-refractivity contribution in [2.75, 3.05) is 13.6 Å². The molecule has 1 unspecified atom stereocenters. The molecule has 0 aromatic heterocycles. The van der Waals surface area contributed by atoms with Crippen LogP contribution in [0.25, 0.3) is 0 Å². The molecule has 0 saturated carbocycles. The number of nitrogens with two attached hydrogens (primary N) is 1. The van der Waals surface area contributed by atoms with Crippen LogP contribution in [0.1, 0.15) is 33.6 Å². The van der Waals surface area contributed by atoms with Gasteiger partial charge in [-0.2, -0.15) is 0 Å². The highest BCUT2D eigenvalue weighted by atomic mass is 14.9. The molecule has 0 bridgehead atoms. The van der Waals surface area contributed by atoms with Crippen molar-refractivity contribution in [3.63, 3.8) is 0 Å². The minimum atomic E-state index is 0.301. The van der Waals surface area contributed by atoms with Gasteiger partial charge in [0.2, 0.25) is 0 Å². The van der Waals surface area contributed by atoms with Crippen molar-refractivity contribution in [3.8, 4) is 0 Å². The van der Waals surface area contributed by atoms with Crippen molar-refractivity contribution in [1.29, 1.82) is 0 Å². The summed E-state index contributed by atoms with van der Waals surface area (Å²) in [6.45, 7) is 7.67. The number of likely N-dealkylation sites (N-methyl/N-ethyl adjacent to an activating group) is 1. The van der Waals surface area contributed by atoms with Crippen LogP contribution in [-0.4, -0.2) is 19.6 Å². The van der Waals surface area contributed by atoms with Crippen molar-refractivity contribution in [2.24, 2.45) is 11.1 Å². The van der Waals surface area contributed by atoms with Crippen LogP contribution >= 0.6 is 0 Å². The monoisotopic (exact) mass is 158 g/mol. The molecule has 0 heterocycles. The van der Waals surface area contributed by atoms with Crippen molar-refractivity contribution in [3.05, 3.63) is 0 Å². The Morgan fingerprint density at radius 3 is 2.36 bits per heavy atom. The lowest BCUT2D eigenvalue weighted by Crippen LogP contribution is -2.35. The Labute approximate surface area is 70.5 Å². The Kier molecular flexibility index (Phi) is 4.69. The van der Waals surface area contributed by atoms with E-state index in [2.05, 4.69) is 26.1 Å². The maximum absolute atomic E-state index is 5.88. The normalized spacial score (nSPS) is 15.0. The molecule has 2 heteroatoms. The summed E-state index contributed by atoms with van der Waals surface area (Å²) in [6, 6.07) is 0.301. The van der Waals surface area contributed by atoms with Crippen molar-refractivity contribution < 1.29 is 0 Å². The van der Waals surface area contributed by atoms with Gasteiger partial charge in [0.15, 0.2) is 0 Å². The van der Waals surface area contributed by atoms with E-state index in [1.807, 2.05) is 7.05 Å². The summed E-state index contributed by atoms with van der Waals surface area (Å²) in [5.41, 5.74) is 6.28. The van der Waals surface area contributed by atoms with Gasteiger partial charge >= 0.3 is 0 Å². The van der Waals surface area contributed by atoms with E-state index in [0.717, 1.165) is 13.0 Å². The highest BCUT2D eigenvalue weighted by Crippen LogP contribution is 2.25. The van der Waals surface area contributed by atoms with Gasteiger partial charge in [0.05, 0.1) is 0 Å². The van der Waals surface area contributed by atoms with Gasteiger partial charge in [0.1, 0.15) is 0 Å². The first-order chi connectivity index (χ1) is 5.02. The largest absolute Gasteiger partial charge is 0.327 e. The third-order valence-corrected chi connectivity index (χ3v) is 2.24. The Morgan fingerprint density at radius 2 is 2.00 bits per heavy atom. The number of nitrogens with one attached hydrogen (secondary N) is 1. The lowest BCUT2D eigenvalue weighted by atomic mass is 9.83. The van der Waals surface area contributed by atoms with E-state index in [9.17, 15) is 0 Å². The zero-order valence-electron chi connectivity index (χ0n) is 8.28. The van der Waals surface area contributed by atoms with Gasteiger partial charge < -0.3 is 11.1 Å². The summed E-state index contributed by atoms with van der Waals surface area (Å²) in [7, 11) is 1.94. The zero-order valence-corrected chi connectivity index (χ0v) is 8.28. The molecule has 0 aliphatic rings. The second-order valence-electron chi connectivity index (χ2n) is 4.04. The van der Waals surface area contributed by atoms with Gasteiger partial charge in [0.25, 0.3) is 0 Å². The summed E-state index contributed by atoms with van der Waals surface area (Å²) >= 11 is 0. The van der Waals surface area contributed by atoms with Crippen LogP contribution in [0.15, 0.2) is 0 Å². The molecular formula is C9H22N2. The van der Waals surface area contributed by atoms with Crippen LogP contribution in [0, 0.1) is 5.41 Å². The van der Waals surface area contributed by atoms with Crippen molar-refractivity contribution in [1.82, 2.24) is 5.32 Å². The van der Waals surface area contributed by atoms with E-state index in [-0.39, 0.29) is 0 Å². The van der Waals surface area contributed by atoms with E-state index in [1.165, 1.54) is 6.42 Å². The Balaban J connectivity index is 3.64. The molecule has 0 aliphatic heterocycles. The van der Waals surface area contributed by atoms with E-state index >= 15 is 0 Å². The van der Waals surface area contributed by atoms with Gasteiger partial charge in [-0.15, -0.1) is 0 Å². The summed E-state index contributed by atoms with van der Waals surface area (Å²) in [5, 5.41) is 3.09. The van der Waals surface area contributed by atoms with Gasteiger partial charge in [0, 0.05) is 12.6 Å². The number of rotatable bonds is 5. The maximum Gasteiger partial charge on any atom is 0.0170 e. The third kappa shape index (κ3) is 5.22. The molecule has 0 aliphatic carbocycles. The van der Waals surface area contributed by atoms with E-state index in [4.69, 9.17) is 5.73 Å². The fourth-order valence-electron chi connectivity index (χ4n) is 1.19. The minimum absolute atomic E-state index is 0.301. The fourth-order valence-corrected chi connectivity index (χ4v) is 1.19. The summed E-state index contributed by atoms with van der Waals surface area (Å²) in [6.07, 6.45) is 2.30. The lowest BCUT2D eigenvalue weighted by molar-refractivity contribution is 0.291. The molecule has 0 amide bonds. The number of hydrogen-bond acceptors (Lipinski definition) is 2. The molecule has 0 aromatic carbocycles. The third-order valence-electron chi connectivity index (χ3n) is 2.24. The summed E-state index contributed by atoms with van der Waals surface area (Å²) < 4.78 is 0. The first-order valence-corrected chi connectivity index (χ1v) is 4.42. The predicted molar refractivity (Wildman–Crippen MR) is 50.6 cm³/mol. The van der Waals surface area contributed by atoms with Crippen LogP contribution in [0.4, 0.5) is 0 Å². The second-order valence-corrected chi connectivity index (χ2v) is 4.04. The Hall–Kier alpha value is -0.0800. The molecule has 3 N–H and O–H groups in total. The molecule has 11 heavy (non-hydrogen) atoms. The average Bonchev–Trinajstić information content (AvgIpc) is 1.87. The average molecular weight is 158 g/mol. The van der Waals surface area contributed by atoms with E-state index in [1.54, 1.807) is 0 Å². The zero-order chi connectivity index (χ0) is 8.91. The van der Waals surface area contributed by atoms with Gasteiger partial charge in [-0.05, 0) is 18.9 Å². The van der Waals surface area contributed by atoms with Crippen LogP contribution in [0.5, 0.6) is 0 Å². The van der Waals surface area contributed by atoms with E-state index < -0.39 is 0 Å². The first kappa shape index (κ1) is 10.9. The molecule has 0 spiro atoms. The molecule has 0 radical (unpaired) electrons. The molecule has 0 saturated heterocycles. The SMILES string of the molecule is CCC(C)(C)CC(N)CNC. The standard InChI is InChI=1S/C9H22N2/c1-5-9(2,3)6-8(10)7-11-4/h8,11H,5-7,10H2,1-4H3. The quantitative estimate of drug-likeness (QED) is 0.634. The summed E-state index contributed by atoms with van der Waals surface area (Å²) in [5.74, 6) is 0. The Bertz CT molecular complexity index is 99.7. The minimum Gasteiger partial charge on any atom is -0.327 e.